The largest absolute Gasteiger partial charge is 0.369 e. The van der Waals surface area contributed by atoms with Gasteiger partial charge in [-0.25, -0.2) is 9.97 Å². The Labute approximate surface area is 135 Å². The zero-order chi connectivity index (χ0) is 15.5. The lowest BCUT2D eigenvalue weighted by Crippen LogP contribution is -2.43. The van der Waals surface area contributed by atoms with Gasteiger partial charge in [-0.1, -0.05) is 18.2 Å². The molecule has 3 aromatic rings. The van der Waals surface area contributed by atoms with E-state index in [1.807, 2.05) is 30.5 Å². The molecule has 0 bridgehead atoms. The zero-order valence-corrected chi connectivity index (χ0v) is 12.9. The summed E-state index contributed by atoms with van der Waals surface area (Å²) in [6, 6.07) is 16.3. The Morgan fingerprint density at radius 1 is 0.957 bits per heavy atom. The fraction of sp³-hybridized carbons (Fsp3) is 0.222. The third-order valence-electron chi connectivity index (χ3n) is 4.08. The molecule has 0 spiro atoms. The second-order valence-corrected chi connectivity index (χ2v) is 5.65. The van der Waals surface area contributed by atoms with E-state index in [1.54, 1.807) is 0 Å². The van der Waals surface area contributed by atoms with E-state index in [1.165, 1.54) is 5.69 Å². The molecular weight excluding hydrogens is 286 g/mol. The molecule has 0 radical (unpaired) electrons. The van der Waals surface area contributed by atoms with Crippen LogP contribution in [-0.4, -0.2) is 36.1 Å². The Balaban J connectivity index is 1.57. The van der Waals surface area contributed by atoms with E-state index in [9.17, 15) is 0 Å². The van der Waals surface area contributed by atoms with Gasteiger partial charge in [0.05, 0.1) is 5.52 Å². The van der Waals surface area contributed by atoms with Crippen LogP contribution in [0.4, 0.5) is 17.3 Å². The average molecular weight is 305 g/mol. The van der Waals surface area contributed by atoms with Crippen molar-refractivity contribution in [3.05, 3.63) is 54.7 Å². The summed E-state index contributed by atoms with van der Waals surface area (Å²) in [7, 11) is 0. The summed E-state index contributed by atoms with van der Waals surface area (Å²) in [6.07, 6.45) is 1.85. The Bertz CT molecular complexity index is 811. The maximum Gasteiger partial charge on any atom is 0.133 e. The van der Waals surface area contributed by atoms with Crippen LogP contribution in [0.1, 0.15) is 0 Å². The van der Waals surface area contributed by atoms with Gasteiger partial charge in [-0.3, -0.25) is 0 Å². The number of nitrogens with zero attached hydrogens (tertiary/aromatic N) is 3. The Hall–Kier alpha value is -2.66. The lowest BCUT2D eigenvalue weighted by molar-refractivity contribution is 0.589. The maximum atomic E-state index is 4.64. The number of pyridine rings is 2. The van der Waals surface area contributed by atoms with Crippen molar-refractivity contribution in [2.24, 2.45) is 0 Å². The second-order valence-electron chi connectivity index (χ2n) is 5.65. The molecule has 2 aromatic heterocycles. The van der Waals surface area contributed by atoms with Crippen molar-refractivity contribution in [1.29, 1.82) is 0 Å². The van der Waals surface area contributed by atoms with Crippen molar-refractivity contribution in [2.75, 3.05) is 36.4 Å². The van der Waals surface area contributed by atoms with E-state index in [-0.39, 0.29) is 0 Å². The van der Waals surface area contributed by atoms with Gasteiger partial charge in [0.2, 0.25) is 0 Å². The van der Waals surface area contributed by atoms with Crippen LogP contribution in [0.5, 0.6) is 0 Å². The number of aromatic nitrogens is 2. The molecule has 0 atom stereocenters. The van der Waals surface area contributed by atoms with Gasteiger partial charge in [0, 0.05) is 49.5 Å². The number of piperazine rings is 1. The summed E-state index contributed by atoms with van der Waals surface area (Å²) in [4.78, 5) is 11.4. The van der Waals surface area contributed by atoms with Crippen molar-refractivity contribution in [1.82, 2.24) is 15.3 Å². The molecule has 0 aliphatic carbocycles. The first-order chi connectivity index (χ1) is 11.4. The molecule has 1 saturated heterocycles. The summed E-state index contributed by atoms with van der Waals surface area (Å²) in [5, 5.41) is 7.82. The van der Waals surface area contributed by atoms with E-state index in [4.69, 9.17) is 0 Å². The minimum Gasteiger partial charge on any atom is -0.369 e. The van der Waals surface area contributed by atoms with Gasteiger partial charge in [0.1, 0.15) is 11.6 Å². The lowest BCUT2D eigenvalue weighted by atomic mass is 10.2. The highest BCUT2D eigenvalue weighted by molar-refractivity contribution is 5.80. The van der Waals surface area contributed by atoms with E-state index in [0.717, 1.165) is 48.7 Å². The van der Waals surface area contributed by atoms with Crippen LogP contribution in [0.15, 0.2) is 54.7 Å². The summed E-state index contributed by atoms with van der Waals surface area (Å²) in [6.45, 7) is 4.10. The molecule has 2 N–H and O–H groups in total. The van der Waals surface area contributed by atoms with Gasteiger partial charge < -0.3 is 15.5 Å². The minimum absolute atomic E-state index is 0.814. The highest BCUT2D eigenvalue weighted by Crippen LogP contribution is 2.21. The summed E-state index contributed by atoms with van der Waals surface area (Å²) >= 11 is 0. The van der Waals surface area contributed by atoms with Crippen LogP contribution in [0.25, 0.3) is 10.9 Å². The molecular formula is C18H19N5. The van der Waals surface area contributed by atoms with Gasteiger partial charge >= 0.3 is 0 Å². The van der Waals surface area contributed by atoms with E-state index < -0.39 is 0 Å². The van der Waals surface area contributed by atoms with Gasteiger partial charge in [-0.15, -0.1) is 0 Å². The number of para-hydroxylation sites is 1. The molecule has 5 nitrogen and oxygen atoms in total. The molecule has 1 fully saturated rings. The van der Waals surface area contributed by atoms with Crippen LogP contribution >= 0.6 is 0 Å². The number of hydrogen-bond acceptors (Lipinski definition) is 5. The number of benzene rings is 1. The summed E-state index contributed by atoms with van der Waals surface area (Å²) < 4.78 is 0. The van der Waals surface area contributed by atoms with Gasteiger partial charge in [-0.05, 0) is 24.3 Å². The van der Waals surface area contributed by atoms with Crippen LogP contribution in [0.2, 0.25) is 0 Å². The van der Waals surface area contributed by atoms with E-state index in [0.29, 0.717) is 0 Å². The van der Waals surface area contributed by atoms with Crippen molar-refractivity contribution in [3.8, 4) is 0 Å². The van der Waals surface area contributed by atoms with E-state index >= 15 is 0 Å². The Morgan fingerprint density at radius 2 is 1.83 bits per heavy atom. The highest BCUT2D eigenvalue weighted by atomic mass is 15.2. The molecule has 0 amide bonds. The molecule has 1 aliphatic heterocycles. The standard InChI is InChI=1S/C18H19N5/c1-2-4-16-14(3-1)5-6-17(21-16)22-18-13-15(7-8-20-18)23-11-9-19-10-12-23/h1-8,13,19H,9-12H2,(H,20,21,22). The normalized spacial score (nSPS) is 14.9. The topological polar surface area (TPSA) is 53.1 Å². The smallest absolute Gasteiger partial charge is 0.133 e. The molecule has 116 valence electrons. The predicted octanol–water partition coefficient (Wildman–Crippen LogP) is 2.78. The van der Waals surface area contributed by atoms with Gasteiger partial charge in [0.25, 0.3) is 0 Å². The Kier molecular flexibility index (Phi) is 3.78. The highest BCUT2D eigenvalue weighted by Gasteiger charge is 2.11. The van der Waals surface area contributed by atoms with Crippen LogP contribution in [0.3, 0.4) is 0 Å². The fourth-order valence-electron chi connectivity index (χ4n) is 2.87. The van der Waals surface area contributed by atoms with Crippen molar-refractivity contribution in [3.63, 3.8) is 0 Å². The van der Waals surface area contributed by atoms with Crippen molar-refractivity contribution >= 4 is 28.2 Å². The third kappa shape index (κ3) is 3.10. The number of nitrogens with one attached hydrogen (secondary N) is 2. The molecule has 0 unspecified atom stereocenters. The van der Waals surface area contributed by atoms with Gasteiger partial charge in [-0.2, -0.15) is 0 Å². The minimum atomic E-state index is 0.814. The molecule has 3 heterocycles. The van der Waals surface area contributed by atoms with Gasteiger partial charge in [0.15, 0.2) is 0 Å². The number of fused-ring (bicyclic) bond motifs is 1. The van der Waals surface area contributed by atoms with E-state index in [2.05, 4.69) is 49.8 Å². The SMILES string of the molecule is c1ccc2nc(Nc3cc(N4CCNCC4)ccn3)ccc2c1. The predicted molar refractivity (Wildman–Crippen MR) is 94.3 cm³/mol. The van der Waals surface area contributed by atoms with Crippen LogP contribution in [0, 0.1) is 0 Å². The van der Waals surface area contributed by atoms with Crippen molar-refractivity contribution in [2.45, 2.75) is 0 Å². The summed E-state index contributed by atoms with van der Waals surface area (Å²) in [5.74, 6) is 1.64. The monoisotopic (exact) mass is 305 g/mol. The van der Waals surface area contributed by atoms with Crippen LogP contribution in [-0.2, 0) is 0 Å². The molecule has 23 heavy (non-hydrogen) atoms. The molecule has 1 aliphatic rings. The number of hydrogen-bond donors (Lipinski definition) is 2. The molecule has 4 rings (SSSR count). The number of rotatable bonds is 3. The first-order valence-electron chi connectivity index (χ1n) is 7.93. The second kappa shape index (κ2) is 6.22. The first-order valence-corrected chi connectivity index (χ1v) is 7.93. The van der Waals surface area contributed by atoms with Crippen molar-refractivity contribution < 1.29 is 0 Å². The molecule has 1 aromatic carbocycles. The fourth-order valence-corrected chi connectivity index (χ4v) is 2.87. The molecule has 5 heteroatoms. The maximum absolute atomic E-state index is 4.64. The summed E-state index contributed by atoms with van der Waals surface area (Å²) in [5.41, 5.74) is 2.18. The Morgan fingerprint density at radius 3 is 2.74 bits per heavy atom. The quantitative estimate of drug-likeness (QED) is 0.779. The number of anilines is 3. The average Bonchev–Trinajstić information content (AvgIpc) is 2.63. The van der Waals surface area contributed by atoms with Crippen LogP contribution < -0.4 is 15.5 Å². The zero-order valence-electron chi connectivity index (χ0n) is 12.9. The molecule has 0 saturated carbocycles. The third-order valence-corrected chi connectivity index (χ3v) is 4.08. The lowest BCUT2D eigenvalue weighted by Gasteiger charge is -2.29. The first kappa shape index (κ1) is 14.0.